The Hall–Kier alpha value is -1.03. The SMILES string of the molecule is CC.CCC1=CC2=CCC3C(CCC4(C)C(C#N)C(C)CC34)C2(C)CC1. The van der Waals surface area contributed by atoms with Crippen molar-refractivity contribution in [2.75, 3.05) is 0 Å². The number of hydrogen-bond donors (Lipinski definition) is 0. The van der Waals surface area contributed by atoms with E-state index in [1.165, 1.54) is 44.9 Å². The van der Waals surface area contributed by atoms with Gasteiger partial charge in [-0.15, -0.1) is 0 Å². The second-order valence-corrected chi connectivity index (χ2v) is 9.71. The summed E-state index contributed by atoms with van der Waals surface area (Å²) in [5.41, 5.74) is 3.97. The Morgan fingerprint density at radius 1 is 1.19 bits per heavy atom. The van der Waals surface area contributed by atoms with Crippen molar-refractivity contribution < 1.29 is 0 Å². The fourth-order valence-corrected chi connectivity index (χ4v) is 7.30. The average Bonchev–Trinajstić information content (AvgIpc) is 2.92. The molecule has 0 N–H and O–H groups in total. The molecule has 0 radical (unpaired) electrons. The van der Waals surface area contributed by atoms with Crippen molar-refractivity contribution in [3.8, 4) is 6.07 Å². The third-order valence-corrected chi connectivity index (χ3v) is 8.79. The minimum absolute atomic E-state index is 0.274. The molecular formula is C25H39N. The molecule has 4 aliphatic carbocycles. The van der Waals surface area contributed by atoms with Crippen LogP contribution in [0.1, 0.15) is 86.5 Å². The van der Waals surface area contributed by atoms with E-state index < -0.39 is 0 Å². The Morgan fingerprint density at radius 3 is 2.58 bits per heavy atom. The van der Waals surface area contributed by atoms with Crippen molar-refractivity contribution in [3.63, 3.8) is 0 Å². The first kappa shape index (κ1) is 19.7. The maximum absolute atomic E-state index is 9.76. The molecule has 26 heavy (non-hydrogen) atoms. The fourth-order valence-electron chi connectivity index (χ4n) is 7.30. The monoisotopic (exact) mass is 353 g/mol. The number of nitriles is 1. The van der Waals surface area contributed by atoms with Crippen LogP contribution in [0.25, 0.3) is 0 Å². The van der Waals surface area contributed by atoms with Gasteiger partial charge in [-0.25, -0.2) is 0 Å². The standard InChI is InChI=1S/C23H33N.C2H6/c1-5-16-8-10-22(3)17(13-16)6-7-18-19(22)9-11-23(4)20(18)12-15(2)21(23)14-24;1-2/h6,13,15,18-21H,5,7-12H2,1-4H3;1-2H3. The van der Waals surface area contributed by atoms with Gasteiger partial charge in [0, 0.05) is 0 Å². The molecule has 1 nitrogen and oxygen atoms in total. The summed E-state index contributed by atoms with van der Waals surface area (Å²) in [6.45, 7) is 13.6. The highest BCUT2D eigenvalue weighted by Crippen LogP contribution is 2.66. The topological polar surface area (TPSA) is 23.8 Å². The highest BCUT2D eigenvalue weighted by atomic mass is 14.6. The molecule has 0 aromatic carbocycles. The first-order valence-corrected chi connectivity index (χ1v) is 11.2. The summed E-state index contributed by atoms with van der Waals surface area (Å²) < 4.78 is 0. The van der Waals surface area contributed by atoms with Crippen LogP contribution in [0.15, 0.2) is 23.3 Å². The number of fused-ring (bicyclic) bond motifs is 5. The van der Waals surface area contributed by atoms with Gasteiger partial charge in [-0.05, 0) is 85.0 Å². The van der Waals surface area contributed by atoms with Crippen molar-refractivity contribution >= 4 is 0 Å². The predicted octanol–water partition coefficient (Wildman–Crippen LogP) is 7.31. The lowest BCUT2D eigenvalue weighted by molar-refractivity contribution is -0.0282. The van der Waals surface area contributed by atoms with E-state index in [1.807, 2.05) is 13.8 Å². The zero-order valence-electron chi connectivity index (χ0n) is 17.9. The molecule has 144 valence electrons. The molecule has 2 fully saturated rings. The van der Waals surface area contributed by atoms with E-state index in [4.69, 9.17) is 0 Å². The third-order valence-electron chi connectivity index (χ3n) is 8.79. The van der Waals surface area contributed by atoms with Crippen LogP contribution in [0.4, 0.5) is 0 Å². The first-order valence-electron chi connectivity index (χ1n) is 11.2. The van der Waals surface area contributed by atoms with Crippen LogP contribution in [0, 0.1) is 51.8 Å². The van der Waals surface area contributed by atoms with Gasteiger partial charge in [0.25, 0.3) is 0 Å². The zero-order valence-corrected chi connectivity index (χ0v) is 17.9. The van der Waals surface area contributed by atoms with Gasteiger partial charge >= 0.3 is 0 Å². The van der Waals surface area contributed by atoms with Crippen molar-refractivity contribution in [1.82, 2.24) is 0 Å². The Labute approximate surface area is 161 Å². The molecule has 0 saturated heterocycles. The maximum atomic E-state index is 9.76. The van der Waals surface area contributed by atoms with Crippen LogP contribution in [-0.4, -0.2) is 0 Å². The Kier molecular flexibility index (Phi) is 5.45. The van der Waals surface area contributed by atoms with Gasteiger partial charge in [0.05, 0.1) is 12.0 Å². The molecule has 1 heteroatoms. The molecule has 4 rings (SSSR count). The fraction of sp³-hybridized carbons (Fsp3) is 0.800. The van der Waals surface area contributed by atoms with E-state index >= 15 is 0 Å². The lowest BCUT2D eigenvalue weighted by Crippen LogP contribution is -2.49. The predicted molar refractivity (Wildman–Crippen MR) is 110 cm³/mol. The van der Waals surface area contributed by atoms with Gasteiger partial charge < -0.3 is 0 Å². The smallest absolute Gasteiger partial charge is 0.0664 e. The van der Waals surface area contributed by atoms with Gasteiger partial charge in [0.2, 0.25) is 0 Å². The van der Waals surface area contributed by atoms with Gasteiger partial charge in [-0.2, -0.15) is 5.26 Å². The first-order chi connectivity index (χ1) is 12.4. The summed E-state index contributed by atoms with van der Waals surface area (Å²) in [5.74, 6) is 3.28. The van der Waals surface area contributed by atoms with Crippen molar-refractivity contribution in [1.29, 1.82) is 5.26 Å². The second kappa shape index (κ2) is 7.18. The van der Waals surface area contributed by atoms with E-state index in [-0.39, 0.29) is 11.3 Å². The number of nitrogens with zero attached hydrogens (tertiary/aromatic N) is 1. The number of allylic oxidation sites excluding steroid dienone is 4. The molecule has 0 aromatic rings. The Bertz CT molecular complexity index is 635. The molecule has 0 heterocycles. The molecular weight excluding hydrogens is 314 g/mol. The van der Waals surface area contributed by atoms with Crippen LogP contribution in [-0.2, 0) is 0 Å². The molecule has 7 atom stereocenters. The van der Waals surface area contributed by atoms with E-state index in [0.717, 1.165) is 17.8 Å². The van der Waals surface area contributed by atoms with Crippen molar-refractivity contribution in [2.45, 2.75) is 86.5 Å². The number of rotatable bonds is 1. The van der Waals surface area contributed by atoms with Gasteiger partial charge in [0.1, 0.15) is 0 Å². The summed E-state index contributed by atoms with van der Waals surface area (Å²) in [4.78, 5) is 0. The lowest BCUT2D eigenvalue weighted by atomic mass is 9.48. The van der Waals surface area contributed by atoms with Crippen LogP contribution in [0.5, 0.6) is 0 Å². The number of hydrogen-bond acceptors (Lipinski definition) is 1. The van der Waals surface area contributed by atoms with Crippen molar-refractivity contribution in [2.24, 2.45) is 40.4 Å². The summed E-state index contributed by atoms with van der Waals surface area (Å²) in [6, 6.07) is 2.70. The largest absolute Gasteiger partial charge is 0.198 e. The van der Waals surface area contributed by atoms with E-state index in [1.54, 1.807) is 11.1 Å². The van der Waals surface area contributed by atoms with Crippen LogP contribution >= 0.6 is 0 Å². The molecule has 4 aliphatic rings. The van der Waals surface area contributed by atoms with Crippen LogP contribution in [0.2, 0.25) is 0 Å². The quantitative estimate of drug-likeness (QED) is 0.485. The molecule has 7 unspecified atom stereocenters. The highest BCUT2D eigenvalue weighted by Gasteiger charge is 2.60. The molecule has 0 amide bonds. The minimum atomic E-state index is 0.274. The van der Waals surface area contributed by atoms with Crippen LogP contribution in [0.3, 0.4) is 0 Å². The van der Waals surface area contributed by atoms with Gasteiger partial charge in [0.15, 0.2) is 0 Å². The van der Waals surface area contributed by atoms with E-state index in [0.29, 0.717) is 11.3 Å². The Balaban J connectivity index is 0.000000948. The van der Waals surface area contributed by atoms with E-state index in [2.05, 4.69) is 45.9 Å². The van der Waals surface area contributed by atoms with Crippen molar-refractivity contribution in [3.05, 3.63) is 23.3 Å². The molecule has 0 bridgehead atoms. The highest BCUT2D eigenvalue weighted by molar-refractivity contribution is 5.37. The summed E-state index contributed by atoms with van der Waals surface area (Å²) >= 11 is 0. The summed E-state index contributed by atoms with van der Waals surface area (Å²) in [7, 11) is 0. The third kappa shape index (κ3) is 2.71. The summed E-state index contributed by atoms with van der Waals surface area (Å²) in [6.07, 6.45) is 14.1. The average molecular weight is 354 g/mol. The summed E-state index contributed by atoms with van der Waals surface area (Å²) in [5, 5.41) is 9.76. The molecule has 0 aliphatic heterocycles. The zero-order chi connectivity index (χ0) is 19.1. The van der Waals surface area contributed by atoms with E-state index in [9.17, 15) is 5.26 Å². The molecule has 2 saturated carbocycles. The van der Waals surface area contributed by atoms with Gasteiger partial charge in [-0.3, -0.25) is 0 Å². The maximum Gasteiger partial charge on any atom is 0.0664 e. The lowest BCUT2D eigenvalue weighted by Gasteiger charge is -2.56. The Morgan fingerprint density at radius 2 is 1.92 bits per heavy atom. The van der Waals surface area contributed by atoms with Gasteiger partial charge in [-0.1, -0.05) is 59.3 Å². The minimum Gasteiger partial charge on any atom is -0.198 e. The molecule has 0 aromatic heterocycles. The van der Waals surface area contributed by atoms with Crippen LogP contribution < -0.4 is 0 Å². The second-order valence-electron chi connectivity index (χ2n) is 9.71. The molecule has 0 spiro atoms. The normalized spacial score (nSPS) is 46.4.